The lowest BCUT2D eigenvalue weighted by atomic mass is 10.1. The van der Waals surface area contributed by atoms with E-state index in [1.54, 1.807) is 6.07 Å². The fourth-order valence-electron chi connectivity index (χ4n) is 3.87. The molecular formula is C26H37F3N2O. The van der Waals surface area contributed by atoms with Crippen molar-refractivity contribution in [3.8, 4) is 0 Å². The first kappa shape index (κ1) is 26.0. The molecule has 0 unspecified atom stereocenters. The maximum Gasteiger partial charge on any atom is 0.416 e. The van der Waals surface area contributed by atoms with E-state index < -0.39 is 11.7 Å². The highest BCUT2D eigenvalue weighted by molar-refractivity contribution is 5.76. The fraction of sp³-hybridized carbons (Fsp3) is 0.577. The molecular weight excluding hydrogens is 413 g/mol. The predicted octanol–water partition coefficient (Wildman–Crippen LogP) is 7.43. The number of amides is 1. The Morgan fingerprint density at radius 3 is 2.38 bits per heavy atom. The van der Waals surface area contributed by atoms with E-state index in [4.69, 9.17) is 0 Å². The highest BCUT2D eigenvalue weighted by atomic mass is 19.4. The van der Waals surface area contributed by atoms with E-state index >= 15 is 0 Å². The van der Waals surface area contributed by atoms with E-state index in [-0.39, 0.29) is 5.91 Å². The summed E-state index contributed by atoms with van der Waals surface area (Å²) in [5, 5.41) is 0. The summed E-state index contributed by atoms with van der Waals surface area (Å²) in [4.78, 5) is 14.8. The Balaban J connectivity index is 2.05. The molecule has 0 fully saturated rings. The lowest BCUT2D eigenvalue weighted by Gasteiger charge is -2.24. The largest absolute Gasteiger partial charge is 0.416 e. The van der Waals surface area contributed by atoms with Gasteiger partial charge in [-0.15, -0.1) is 0 Å². The number of halogens is 3. The van der Waals surface area contributed by atoms with Gasteiger partial charge in [-0.3, -0.25) is 4.79 Å². The highest BCUT2D eigenvalue weighted by Gasteiger charge is 2.30. The third kappa shape index (κ3) is 8.71. The van der Waals surface area contributed by atoms with Gasteiger partial charge in [-0.1, -0.05) is 64.5 Å². The third-order valence-electron chi connectivity index (χ3n) is 5.76. The summed E-state index contributed by atoms with van der Waals surface area (Å²) in [6.45, 7) is 5.87. The number of rotatable bonds is 14. The molecule has 1 heterocycles. The molecule has 1 amide bonds. The quantitative estimate of drug-likeness (QED) is 0.275. The number of aromatic nitrogens is 1. The zero-order chi connectivity index (χ0) is 23.4. The van der Waals surface area contributed by atoms with Gasteiger partial charge in [-0.05, 0) is 42.7 Å². The smallest absolute Gasteiger partial charge is 0.345 e. The molecule has 1 aromatic carbocycles. The molecule has 2 rings (SSSR count). The number of unbranched alkanes of at least 4 members (excludes halogenated alkanes) is 6. The fourth-order valence-corrected chi connectivity index (χ4v) is 3.87. The van der Waals surface area contributed by atoms with Crippen molar-refractivity contribution in [3.05, 3.63) is 59.4 Å². The second-order valence-electron chi connectivity index (χ2n) is 8.51. The van der Waals surface area contributed by atoms with Crippen LogP contribution in [0.2, 0.25) is 0 Å². The molecule has 178 valence electrons. The van der Waals surface area contributed by atoms with Crippen LogP contribution < -0.4 is 0 Å². The molecule has 0 aliphatic carbocycles. The first-order valence-electron chi connectivity index (χ1n) is 11.9. The van der Waals surface area contributed by atoms with Crippen molar-refractivity contribution in [1.82, 2.24) is 9.47 Å². The molecule has 3 nitrogen and oxygen atoms in total. The average molecular weight is 451 g/mol. The van der Waals surface area contributed by atoms with Crippen LogP contribution in [0.4, 0.5) is 13.2 Å². The molecule has 2 aromatic rings. The number of benzene rings is 1. The zero-order valence-electron chi connectivity index (χ0n) is 19.5. The summed E-state index contributed by atoms with van der Waals surface area (Å²) < 4.78 is 41.1. The van der Waals surface area contributed by atoms with Gasteiger partial charge in [0.1, 0.15) is 0 Å². The summed E-state index contributed by atoms with van der Waals surface area (Å²) in [6, 6.07) is 9.29. The van der Waals surface area contributed by atoms with Crippen LogP contribution in [-0.2, 0) is 24.1 Å². The number of carbonyl (C=O) groups excluding carboxylic acids is 1. The lowest BCUT2D eigenvalue weighted by molar-refractivity contribution is -0.137. The Morgan fingerprint density at radius 1 is 0.938 bits per heavy atom. The van der Waals surface area contributed by atoms with Crippen LogP contribution in [0.3, 0.4) is 0 Å². The summed E-state index contributed by atoms with van der Waals surface area (Å²) >= 11 is 0. The van der Waals surface area contributed by atoms with E-state index in [9.17, 15) is 18.0 Å². The van der Waals surface area contributed by atoms with Crippen molar-refractivity contribution >= 4 is 5.91 Å². The first-order valence-corrected chi connectivity index (χ1v) is 11.9. The van der Waals surface area contributed by atoms with E-state index in [1.807, 2.05) is 27.8 Å². The Hall–Kier alpha value is -2.24. The Bertz CT molecular complexity index is 813. The van der Waals surface area contributed by atoms with Gasteiger partial charge in [0.2, 0.25) is 5.91 Å². The number of nitrogens with zero attached hydrogens (tertiary/aromatic N) is 2. The Morgan fingerprint density at radius 2 is 1.66 bits per heavy atom. The van der Waals surface area contributed by atoms with Gasteiger partial charge in [0.15, 0.2) is 0 Å². The minimum atomic E-state index is -4.35. The molecule has 0 radical (unpaired) electrons. The van der Waals surface area contributed by atoms with Gasteiger partial charge in [-0.25, -0.2) is 0 Å². The second kappa shape index (κ2) is 13.3. The monoisotopic (exact) mass is 450 g/mol. The molecule has 0 atom stereocenters. The summed E-state index contributed by atoms with van der Waals surface area (Å²) in [7, 11) is 0. The van der Waals surface area contributed by atoms with Gasteiger partial charge in [0.25, 0.3) is 0 Å². The van der Waals surface area contributed by atoms with Crippen molar-refractivity contribution in [1.29, 1.82) is 0 Å². The van der Waals surface area contributed by atoms with Crippen molar-refractivity contribution in [3.63, 3.8) is 0 Å². The molecule has 0 bridgehead atoms. The lowest BCUT2D eigenvalue weighted by Crippen LogP contribution is -2.32. The summed E-state index contributed by atoms with van der Waals surface area (Å²) in [5.41, 5.74) is 0.901. The van der Waals surface area contributed by atoms with Gasteiger partial charge in [-0.2, -0.15) is 13.2 Å². The van der Waals surface area contributed by atoms with Crippen molar-refractivity contribution in [2.45, 2.75) is 90.9 Å². The molecule has 0 aliphatic rings. The molecule has 0 aliphatic heterocycles. The van der Waals surface area contributed by atoms with E-state index in [1.165, 1.54) is 31.4 Å². The number of alkyl halides is 3. The third-order valence-corrected chi connectivity index (χ3v) is 5.76. The number of hydrogen-bond donors (Lipinski definition) is 0. The molecule has 1 aromatic heterocycles. The van der Waals surface area contributed by atoms with Crippen LogP contribution in [0.5, 0.6) is 0 Å². The van der Waals surface area contributed by atoms with Crippen LogP contribution in [0.1, 0.15) is 88.5 Å². The van der Waals surface area contributed by atoms with Gasteiger partial charge in [0, 0.05) is 31.4 Å². The maximum atomic E-state index is 13.1. The topological polar surface area (TPSA) is 25.2 Å². The maximum absolute atomic E-state index is 13.1. The van der Waals surface area contributed by atoms with Gasteiger partial charge >= 0.3 is 6.18 Å². The molecule has 0 saturated carbocycles. The van der Waals surface area contributed by atoms with Crippen molar-refractivity contribution < 1.29 is 18.0 Å². The molecule has 0 spiro atoms. The van der Waals surface area contributed by atoms with Gasteiger partial charge < -0.3 is 9.47 Å². The van der Waals surface area contributed by atoms with Crippen molar-refractivity contribution in [2.24, 2.45) is 0 Å². The first-order chi connectivity index (χ1) is 15.3. The van der Waals surface area contributed by atoms with Crippen LogP contribution in [0.25, 0.3) is 0 Å². The average Bonchev–Trinajstić information content (AvgIpc) is 3.19. The predicted molar refractivity (Wildman–Crippen MR) is 123 cm³/mol. The van der Waals surface area contributed by atoms with E-state index in [0.29, 0.717) is 25.1 Å². The molecule has 6 heteroatoms. The minimum absolute atomic E-state index is 0.171. The van der Waals surface area contributed by atoms with Crippen LogP contribution in [0, 0.1) is 0 Å². The molecule has 32 heavy (non-hydrogen) atoms. The van der Waals surface area contributed by atoms with Crippen LogP contribution >= 0.6 is 0 Å². The summed E-state index contributed by atoms with van der Waals surface area (Å²) in [6.07, 6.45) is 6.75. The minimum Gasteiger partial charge on any atom is -0.345 e. The number of hydrogen-bond acceptors (Lipinski definition) is 1. The highest BCUT2D eigenvalue weighted by Crippen LogP contribution is 2.29. The van der Waals surface area contributed by atoms with E-state index in [0.717, 1.165) is 50.4 Å². The standard InChI is InChI=1S/C26H37F3N2O/c1-3-5-7-8-9-16-25(32)31(17-10-6-4-2)21-24-15-12-18-30(24)20-22-13-11-14-23(19-22)26(27,28)29/h11-15,18-19H,3-10,16-17,20-21H2,1-2H3. The Kier molecular flexibility index (Phi) is 10.8. The molecule has 0 saturated heterocycles. The second-order valence-corrected chi connectivity index (χ2v) is 8.51. The number of carbonyl (C=O) groups is 1. The zero-order valence-corrected chi connectivity index (χ0v) is 19.5. The molecule has 0 N–H and O–H groups in total. The van der Waals surface area contributed by atoms with E-state index in [2.05, 4.69) is 13.8 Å². The van der Waals surface area contributed by atoms with Gasteiger partial charge in [0.05, 0.1) is 12.1 Å². The SMILES string of the molecule is CCCCCCCC(=O)N(CCCCC)Cc1cccn1Cc1cccc(C(F)(F)F)c1. The summed E-state index contributed by atoms with van der Waals surface area (Å²) in [5.74, 6) is 0.171. The normalized spacial score (nSPS) is 11.7. The Labute approximate surface area is 190 Å². The van der Waals surface area contributed by atoms with Crippen LogP contribution in [-0.4, -0.2) is 21.9 Å². The van der Waals surface area contributed by atoms with Crippen LogP contribution in [0.15, 0.2) is 42.6 Å². The van der Waals surface area contributed by atoms with Crippen molar-refractivity contribution in [2.75, 3.05) is 6.54 Å².